The highest BCUT2D eigenvalue weighted by Crippen LogP contribution is 2.21. The van der Waals surface area contributed by atoms with Gasteiger partial charge in [0.2, 0.25) is 0 Å². The molecule has 1 aromatic heterocycles. The number of hydrogen-bond donors (Lipinski definition) is 1. The second-order valence-corrected chi connectivity index (χ2v) is 6.43. The van der Waals surface area contributed by atoms with Crippen LogP contribution in [0.5, 0.6) is 5.75 Å². The lowest BCUT2D eigenvalue weighted by atomic mass is 9.99. The van der Waals surface area contributed by atoms with Crippen LogP contribution >= 0.6 is 0 Å². The van der Waals surface area contributed by atoms with E-state index in [1.54, 1.807) is 19.1 Å². The van der Waals surface area contributed by atoms with E-state index >= 15 is 0 Å². The van der Waals surface area contributed by atoms with Crippen molar-refractivity contribution < 1.29 is 9.53 Å². The molecule has 2 aromatic carbocycles. The molecule has 0 aliphatic rings. The molecule has 0 spiro atoms. The second-order valence-electron chi connectivity index (χ2n) is 6.43. The highest BCUT2D eigenvalue weighted by atomic mass is 16.5. The molecule has 7 nitrogen and oxygen atoms in total. The summed E-state index contributed by atoms with van der Waals surface area (Å²) in [6, 6.07) is 15.2. The normalized spacial score (nSPS) is 13.0. The summed E-state index contributed by atoms with van der Waals surface area (Å²) in [5, 5.41) is 14.0. The van der Waals surface area contributed by atoms with Gasteiger partial charge < -0.3 is 10.1 Å². The van der Waals surface area contributed by atoms with Gasteiger partial charge in [0, 0.05) is 11.8 Å². The summed E-state index contributed by atoms with van der Waals surface area (Å²) in [6.07, 6.45) is 1.93. The number of nitrogens with zero attached hydrogens (tertiary/aromatic N) is 4. The Kier molecular flexibility index (Phi) is 5.80. The van der Waals surface area contributed by atoms with Crippen LogP contribution in [0.4, 0.5) is 5.69 Å². The van der Waals surface area contributed by atoms with Gasteiger partial charge in [-0.3, -0.25) is 4.79 Å². The lowest BCUT2D eigenvalue weighted by Crippen LogP contribution is -2.30. The Morgan fingerprint density at radius 2 is 1.96 bits per heavy atom. The van der Waals surface area contributed by atoms with Gasteiger partial charge in [0.05, 0.1) is 5.69 Å². The molecule has 0 fully saturated rings. The quantitative estimate of drug-likeness (QED) is 0.692. The monoisotopic (exact) mass is 365 g/mol. The molecule has 0 radical (unpaired) electrons. The standard InChI is InChI=1S/C20H23N5O2/c1-4-14(2)16-8-10-17(11-9-16)22-20(26)15(3)27-19-7-5-6-18(12-19)25-13-21-23-24-25/h5-15H,4H2,1-3H3,(H,22,26)/t14-,15+/m1/s1. The molecule has 0 aliphatic carbocycles. The van der Waals surface area contributed by atoms with Crippen LogP contribution in [0.25, 0.3) is 5.69 Å². The molecule has 1 amide bonds. The molecular weight excluding hydrogens is 342 g/mol. The van der Waals surface area contributed by atoms with Crippen molar-refractivity contribution in [1.82, 2.24) is 20.2 Å². The van der Waals surface area contributed by atoms with Crippen LogP contribution in [-0.2, 0) is 4.79 Å². The van der Waals surface area contributed by atoms with Gasteiger partial charge in [-0.05, 0) is 59.5 Å². The van der Waals surface area contributed by atoms with Gasteiger partial charge in [0.1, 0.15) is 12.1 Å². The topological polar surface area (TPSA) is 81.9 Å². The molecule has 7 heteroatoms. The molecule has 1 heterocycles. The van der Waals surface area contributed by atoms with E-state index in [0.29, 0.717) is 11.7 Å². The zero-order valence-corrected chi connectivity index (χ0v) is 15.7. The first-order chi connectivity index (χ1) is 13.1. The number of aromatic nitrogens is 4. The van der Waals surface area contributed by atoms with Gasteiger partial charge in [-0.2, -0.15) is 0 Å². The van der Waals surface area contributed by atoms with E-state index in [2.05, 4.69) is 34.7 Å². The highest BCUT2D eigenvalue weighted by molar-refractivity contribution is 5.94. The minimum atomic E-state index is -0.650. The number of carbonyl (C=O) groups excluding carboxylic acids is 1. The minimum Gasteiger partial charge on any atom is -0.481 e. The Labute approximate surface area is 158 Å². The number of nitrogens with one attached hydrogen (secondary N) is 1. The molecular formula is C20H23N5O2. The predicted molar refractivity (Wildman–Crippen MR) is 103 cm³/mol. The molecule has 0 aliphatic heterocycles. The van der Waals surface area contributed by atoms with Gasteiger partial charge in [-0.25, -0.2) is 4.68 Å². The van der Waals surface area contributed by atoms with Crippen molar-refractivity contribution in [2.24, 2.45) is 0 Å². The third-order valence-corrected chi connectivity index (χ3v) is 4.47. The molecule has 0 saturated heterocycles. The summed E-state index contributed by atoms with van der Waals surface area (Å²) in [5.74, 6) is 0.862. The molecule has 1 N–H and O–H groups in total. The Morgan fingerprint density at radius 3 is 2.63 bits per heavy atom. The maximum Gasteiger partial charge on any atom is 0.265 e. The first kappa shape index (κ1) is 18.6. The second kappa shape index (κ2) is 8.44. The molecule has 2 atom stereocenters. The number of benzene rings is 2. The van der Waals surface area contributed by atoms with Crippen LogP contribution in [0.3, 0.4) is 0 Å². The molecule has 0 bridgehead atoms. The van der Waals surface area contributed by atoms with Crippen LogP contribution in [0.2, 0.25) is 0 Å². The molecule has 0 saturated carbocycles. The van der Waals surface area contributed by atoms with Crippen LogP contribution < -0.4 is 10.1 Å². The zero-order chi connectivity index (χ0) is 19.2. The summed E-state index contributed by atoms with van der Waals surface area (Å²) in [7, 11) is 0. The lowest BCUT2D eigenvalue weighted by molar-refractivity contribution is -0.122. The maximum absolute atomic E-state index is 12.4. The van der Waals surface area contributed by atoms with Crippen LogP contribution in [0, 0.1) is 0 Å². The number of rotatable bonds is 7. The van der Waals surface area contributed by atoms with Gasteiger partial charge >= 0.3 is 0 Å². The van der Waals surface area contributed by atoms with Crippen molar-refractivity contribution in [3.05, 3.63) is 60.4 Å². The van der Waals surface area contributed by atoms with E-state index in [-0.39, 0.29) is 5.91 Å². The van der Waals surface area contributed by atoms with E-state index in [0.717, 1.165) is 17.8 Å². The fraction of sp³-hybridized carbons (Fsp3) is 0.300. The van der Waals surface area contributed by atoms with Gasteiger partial charge in [0.25, 0.3) is 5.91 Å². The third-order valence-electron chi connectivity index (χ3n) is 4.47. The first-order valence-corrected chi connectivity index (χ1v) is 8.97. The summed E-state index contributed by atoms with van der Waals surface area (Å²) < 4.78 is 7.30. The van der Waals surface area contributed by atoms with Crippen molar-refractivity contribution in [2.45, 2.75) is 39.2 Å². The molecule has 3 rings (SSSR count). The number of ether oxygens (including phenoxy) is 1. The number of hydrogen-bond acceptors (Lipinski definition) is 5. The summed E-state index contributed by atoms with van der Waals surface area (Å²) in [6.45, 7) is 6.06. The minimum absolute atomic E-state index is 0.209. The number of carbonyl (C=O) groups is 1. The largest absolute Gasteiger partial charge is 0.481 e. The van der Waals surface area contributed by atoms with E-state index < -0.39 is 6.10 Å². The molecule has 3 aromatic rings. The smallest absolute Gasteiger partial charge is 0.265 e. The van der Waals surface area contributed by atoms with Crippen LogP contribution in [0.1, 0.15) is 38.7 Å². The molecule has 140 valence electrons. The van der Waals surface area contributed by atoms with Gasteiger partial charge in [-0.15, -0.1) is 5.10 Å². The average Bonchev–Trinajstić information content (AvgIpc) is 3.23. The van der Waals surface area contributed by atoms with Crippen LogP contribution in [0.15, 0.2) is 54.9 Å². The average molecular weight is 365 g/mol. The maximum atomic E-state index is 12.4. The van der Waals surface area contributed by atoms with Crippen molar-refractivity contribution in [2.75, 3.05) is 5.32 Å². The zero-order valence-electron chi connectivity index (χ0n) is 15.7. The van der Waals surface area contributed by atoms with Gasteiger partial charge in [0.15, 0.2) is 6.10 Å². The summed E-state index contributed by atoms with van der Waals surface area (Å²) in [5.41, 5.74) is 2.77. The Morgan fingerprint density at radius 1 is 1.19 bits per heavy atom. The molecule has 0 unspecified atom stereocenters. The van der Waals surface area contributed by atoms with Crippen molar-refractivity contribution in [3.63, 3.8) is 0 Å². The number of anilines is 1. The Bertz CT molecular complexity index is 878. The van der Waals surface area contributed by atoms with Crippen molar-refractivity contribution >= 4 is 11.6 Å². The number of tetrazole rings is 1. The highest BCUT2D eigenvalue weighted by Gasteiger charge is 2.15. The summed E-state index contributed by atoms with van der Waals surface area (Å²) in [4.78, 5) is 12.4. The van der Waals surface area contributed by atoms with Crippen LogP contribution in [-0.4, -0.2) is 32.2 Å². The predicted octanol–water partition coefficient (Wildman–Crippen LogP) is 3.58. The first-order valence-electron chi connectivity index (χ1n) is 8.97. The summed E-state index contributed by atoms with van der Waals surface area (Å²) >= 11 is 0. The van der Waals surface area contributed by atoms with E-state index in [1.165, 1.54) is 16.6 Å². The fourth-order valence-corrected chi connectivity index (χ4v) is 2.61. The fourth-order valence-electron chi connectivity index (χ4n) is 2.61. The Balaban J connectivity index is 1.62. The third kappa shape index (κ3) is 4.69. The van der Waals surface area contributed by atoms with E-state index in [1.807, 2.05) is 36.4 Å². The van der Waals surface area contributed by atoms with E-state index in [9.17, 15) is 4.79 Å². The SMILES string of the molecule is CC[C@@H](C)c1ccc(NC(=O)[C@H](C)Oc2cccc(-n3cnnn3)c2)cc1. The van der Waals surface area contributed by atoms with Crippen molar-refractivity contribution in [1.29, 1.82) is 0 Å². The lowest BCUT2D eigenvalue weighted by Gasteiger charge is -2.16. The van der Waals surface area contributed by atoms with Gasteiger partial charge in [-0.1, -0.05) is 32.0 Å². The number of amides is 1. The van der Waals surface area contributed by atoms with E-state index in [4.69, 9.17) is 4.74 Å². The Hall–Kier alpha value is -3.22. The molecule has 27 heavy (non-hydrogen) atoms. The van der Waals surface area contributed by atoms with Crippen molar-refractivity contribution in [3.8, 4) is 11.4 Å².